The highest BCUT2D eigenvalue weighted by Gasteiger charge is 2.25. The number of amides is 1. The highest BCUT2D eigenvalue weighted by molar-refractivity contribution is 6.02. The fraction of sp³-hybridized carbons (Fsp3) is 0.200. The van der Waals surface area contributed by atoms with E-state index in [1.54, 1.807) is 30.3 Å². The molecule has 0 spiro atoms. The minimum Gasteiger partial charge on any atom is -0.321 e. The normalized spacial score (nSPS) is 13.6. The molecule has 1 aliphatic rings. The quantitative estimate of drug-likeness (QED) is 0.923. The summed E-state index contributed by atoms with van der Waals surface area (Å²) in [5.74, 6) is 0.196. The molecule has 1 N–H and O–H groups in total. The Labute approximate surface area is 116 Å². The maximum Gasteiger partial charge on any atom is 0.276 e. The molecule has 20 heavy (non-hydrogen) atoms. The third-order valence-electron chi connectivity index (χ3n) is 3.16. The third kappa shape index (κ3) is 2.64. The fourth-order valence-electron chi connectivity index (χ4n) is 1.92. The van der Waals surface area contributed by atoms with E-state index in [0.717, 1.165) is 18.5 Å². The van der Waals surface area contributed by atoms with Gasteiger partial charge in [0.1, 0.15) is 0 Å². The van der Waals surface area contributed by atoms with Gasteiger partial charge in [-0.15, -0.1) is 5.10 Å². The second-order valence-electron chi connectivity index (χ2n) is 4.76. The van der Waals surface area contributed by atoms with E-state index in [1.807, 2.05) is 12.1 Å². The molecule has 0 radical (unpaired) electrons. The molecule has 5 heteroatoms. The van der Waals surface area contributed by atoms with Gasteiger partial charge in [0.05, 0.1) is 17.3 Å². The van der Waals surface area contributed by atoms with Crippen molar-refractivity contribution in [2.45, 2.75) is 18.8 Å². The van der Waals surface area contributed by atoms with Gasteiger partial charge in [0.2, 0.25) is 0 Å². The van der Waals surface area contributed by atoms with Crippen LogP contribution in [0.5, 0.6) is 0 Å². The largest absolute Gasteiger partial charge is 0.321 e. The highest BCUT2D eigenvalue weighted by atomic mass is 16.1. The SMILES string of the molecule is N#Cc1cccc(NC(=O)c2ccc(C3CC3)nn2)c1. The first-order valence-electron chi connectivity index (χ1n) is 6.41. The lowest BCUT2D eigenvalue weighted by Gasteiger charge is -2.04. The molecule has 98 valence electrons. The molecular formula is C15H12N4O. The number of rotatable bonds is 3. The minimum atomic E-state index is -0.324. The van der Waals surface area contributed by atoms with Crippen LogP contribution < -0.4 is 5.32 Å². The first kappa shape index (κ1) is 12.3. The molecule has 1 aromatic carbocycles. The molecule has 1 amide bonds. The zero-order valence-electron chi connectivity index (χ0n) is 10.7. The lowest BCUT2D eigenvalue weighted by atomic mass is 10.2. The number of benzene rings is 1. The first-order valence-corrected chi connectivity index (χ1v) is 6.41. The molecule has 1 heterocycles. The van der Waals surface area contributed by atoms with Crippen molar-refractivity contribution in [2.24, 2.45) is 0 Å². The summed E-state index contributed by atoms with van der Waals surface area (Å²) in [5, 5.41) is 19.5. The van der Waals surface area contributed by atoms with Crippen molar-refractivity contribution in [3.8, 4) is 6.07 Å². The summed E-state index contributed by atoms with van der Waals surface area (Å²) in [6.07, 6.45) is 2.31. The third-order valence-corrected chi connectivity index (χ3v) is 3.16. The van der Waals surface area contributed by atoms with Gasteiger partial charge in [0.25, 0.3) is 5.91 Å². The van der Waals surface area contributed by atoms with Gasteiger partial charge in [-0.25, -0.2) is 0 Å². The van der Waals surface area contributed by atoms with Crippen LogP contribution in [-0.4, -0.2) is 16.1 Å². The number of carbonyl (C=O) groups excluding carboxylic acids is 1. The van der Waals surface area contributed by atoms with Crippen molar-refractivity contribution in [2.75, 3.05) is 5.32 Å². The van der Waals surface area contributed by atoms with Crippen LogP contribution in [0.3, 0.4) is 0 Å². The van der Waals surface area contributed by atoms with Crippen LogP contribution in [0.1, 0.15) is 40.5 Å². The monoisotopic (exact) mass is 264 g/mol. The molecule has 1 fully saturated rings. The number of carbonyl (C=O) groups is 1. The number of anilines is 1. The van der Waals surface area contributed by atoms with Crippen LogP contribution in [0.2, 0.25) is 0 Å². The summed E-state index contributed by atoms with van der Waals surface area (Å²) < 4.78 is 0. The van der Waals surface area contributed by atoms with Gasteiger partial charge < -0.3 is 5.32 Å². The van der Waals surface area contributed by atoms with Gasteiger partial charge in [0, 0.05) is 11.6 Å². The van der Waals surface area contributed by atoms with E-state index in [-0.39, 0.29) is 11.6 Å². The number of nitriles is 1. The fourth-order valence-corrected chi connectivity index (χ4v) is 1.92. The Kier molecular flexibility index (Phi) is 3.13. The first-order chi connectivity index (χ1) is 9.76. The number of aromatic nitrogens is 2. The summed E-state index contributed by atoms with van der Waals surface area (Å²) in [5.41, 5.74) is 2.30. The predicted molar refractivity (Wildman–Crippen MR) is 73.1 cm³/mol. The Morgan fingerprint density at radius 1 is 1.25 bits per heavy atom. The summed E-state index contributed by atoms with van der Waals surface area (Å²) in [4.78, 5) is 12.0. The van der Waals surface area contributed by atoms with Gasteiger partial charge in [0.15, 0.2) is 5.69 Å². The molecule has 0 unspecified atom stereocenters. The second kappa shape index (κ2) is 5.10. The Balaban J connectivity index is 1.73. The van der Waals surface area contributed by atoms with Crippen LogP contribution in [0.15, 0.2) is 36.4 Å². The van der Waals surface area contributed by atoms with Crippen LogP contribution >= 0.6 is 0 Å². The van der Waals surface area contributed by atoms with Crippen molar-refractivity contribution in [3.05, 3.63) is 53.3 Å². The van der Waals surface area contributed by atoms with Gasteiger partial charge >= 0.3 is 0 Å². The summed E-state index contributed by atoms with van der Waals surface area (Å²) >= 11 is 0. The predicted octanol–water partition coefficient (Wildman–Crippen LogP) is 2.48. The molecule has 1 aromatic heterocycles. The Morgan fingerprint density at radius 3 is 2.75 bits per heavy atom. The molecule has 0 saturated heterocycles. The van der Waals surface area contributed by atoms with Crippen LogP contribution in [-0.2, 0) is 0 Å². The van der Waals surface area contributed by atoms with E-state index in [4.69, 9.17) is 5.26 Å². The van der Waals surface area contributed by atoms with E-state index in [9.17, 15) is 4.79 Å². The van der Waals surface area contributed by atoms with Gasteiger partial charge in [-0.3, -0.25) is 4.79 Å². The van der Waals surface area contributed by atoms with Gasteiger partial charge in [-0.2, -0.15) is 10.4 Å². The minimum absolute atomic E-state index is 0.275. The van der Waals surface area contributed by atoms with Crippen molar-refractivity contribution in [1.29, 1.82) is 5.26 Å². The van der Waals surface area contributed by atoms with E-state index in [2.05, 4.69) is 15.5 Å². The van der Waals surface area contributed by atoms with Gasteiger partial charge in [-0.1, -0.05) is 6.07 Å². The molecular weight excluding hydrogens is 252 g/mol. The Bertz CT molecular complexity index is 684. The summed E-state index contributed by atoms with van der Waals surface area (Å²) in [7, 11) is 0. The summed E-state index contributed by atoms with van der Waals surface area (Å²) in [6.45, 7) is 0. The van der Waals surface area contributed by atoms with E-state index < -0.39 is 0 Å². The average Bonchev–Trinajstić information content (AvgIpc) is 3.32. The van der Waals surface area contributed by atoms with Crippen molar-refractivity contribution < 1.29 is 4.79 Å². The highest BCUT2D eigenvalue weighted by Crippen LogP contribution is 2.38. The zero-order valence-corrected chi connectivity index (χ0v) is 10.7. The van der Waals surface area contributed by atoms with Crippen molar-refractivity contribution >= 4 is 11.6 Å². The van der Waals surface area contributed by atoms with Crippen LogP contribution in [0, 0.1) is 11.3 Å². The lowest BCUT2D eigenvalue weighted by Crippen LogP contribution is -2.14. The topological polar surface area (TPSA) is 78.7 Å². The summed E-state index contributed by atoms with van der Waals surface area (Å²) in [6, 6.07) is 12.3. The van der Waals surface area contributed by atoms with Gasteiger partial charge in [-0.05, 0) is 43.2 Å². The zero-order chi connectivity index (χ0) is 13.9. The molecule has 5 nitrogen and oxygen atoms in total. The number of hydrogen-bond donors (Lipinski definition) is 1. The average molecular weight is 264 g/mol. The Hall–Kier alpha value is -2.74. The molecule has 0 bridgehead atoms. The molecule has 1 saturated carbocycles. The number of nitrogens with zero attached hydrogens (tertiary/aromatic N) is 3. The second-order valence-corrected chi connectivity index (χ2v) is 4.76. The van der Waals surface area contributed by atoms with Crippen LogP contribution in [0.25, 0.3) is 0 Å². The van der Waals surface area contributed by atoms with Crippen molar-refractivity contribution in [1.82, 2.24) is 10.2 Å². The molecule has 0 aliphatic heterocycles. The maximum absolute atomic E-state index is 12.0. The standard InChI is InChI=1S/C15H12N4O/c16-9-10-2-1-3-12(8-10)17-15(20)14-7-6-13(18-19-14)11-4-5-11/h1-3,6-8,11H,4-5H2,(H,17,20). The molecule has 0 atom stereocenters. The number of hydrogen-bond acceptors (Lipinski definition) is 4. The lowest BCUT2D eigenvalue weighted by molar-refractivity contribution is 0.102. The maximum atomic E-state index is 12.0. The van der Waals surface area contributed by atoms with E-state index >= 15 is 0 Å². The molecule has 1 aliphatic carbocycles. The number of nitrogens with one attached hydrogen (secondary N) is 1. The van der Waals surface area contributed by atoms with Crippen LogP contribution in [0.4, 0.5) is 5.69 Å². The van der Waals surface area contributed by atoms with Crippen molar-refractivity contribution in [3.63, 3.8) is 0 Å². The molecule has 2 aromatic rings. The van der Waals surface area contributed by atoms with E-state index in [1.165, 1.54) is 0 Å². The Morgan fingerprint density at radius 2 is 2.10 bits per heavy atom. The molecule has 3 rings (SSSR count). The van der Waals surface area contributed by atoms with E-state index in [0.29, 0.717) is 17.2 Å². The smallest absolute Gasteiger partial charge is 0.276 e.